The summed E-state index contributed by atoms with van der Waals surface area (Å²) in [5.41, 5.74) is 0.644. The number of benzene rings is 2. The van der Waals surface area contributed by atoms with Gasteiger partial charge >= 0.3 is 0 Å². The number of halogens is 2. The third-order valence-corrected chi connectivity index (χ3v) is 6.14. The van der Waals surface area contributed by atoms with Gasteiger partial charge in [-0.05, 0) is 48.9 Å². The van der Waals surface area contributed by atoms with Crippen LogP contribution >= 0.6 is 11.6 Å². The minimum Gasteiger partial charge on any atom is -0.494 e. The third-order valence-electron chi connectivity index (χ3n) is 5.90. The number of methoxy groups -OCH3 is 1. The third kappa shape index (κ3) is 4.12. The van der Waals surface area contributed by atoms with E-state index in [1.165, 1.54) is 7.11 Å². The van der Waals surface area contributed by atoms with Crippen molar-refractivity contribution >= 4 is 11.6 Å². The smallest absolute Gasteiger partial charge is 0.169 e. The molecule has 0 unspecified atom stereocenters. The van der Waals surface area contributed by atoms with Crippen molar-refractivity contribution in [1.29, 1.82) is 0 Å². The lowest BCUT2D eigenvalue weighted by Gasteiger charge is -2.35. The number of ether oxygens (including phenoxy) is 2. The Morgan fingerprint density at radius 2 is 1.89 bits per heavy atom. The highest BCUT2D eigenvalue weighted by Gasteiger charge is 2.42. The summed E-state index contributed by atoms with van der Waals surface area (Å²) in [4.78, 5) is 2.27. The van der Waals surface area contributed by atoms with Crippen molar-refractivity contribution in [2.45, 2.75) is 31.6 Å². The molecule has 1 aliphatic heterocycles. The van der Waals surface area contributed by atoms with E-state index in [9.17, 15) is 9.50 Å². The second-order valence-electron chi connectivity index (χ2n) is 7.80. The van der Waals surface area contributed by atoms with Crippen LogP contribution in [0.3, 0.4) is 0 Å². The van der Waals surface area contributed by atoms with Gasteiger partial charge in [0.25, 0.3) is 0 Å². The van der Waals surface area contributed by atoms with Crippen LogP contribution in [0.2, 0.25) is 5.02 Å². The average Bonchev–Trinajstić information content (AvgIpc) is 3.05. The number of nitrogens with zero attached hydrogens (tertiary/aromatic N) is 1. The standard InChI is InChI=1S/C22H25ClFNO3/c1-27-20-7-2-4-14(22(20)24)11-25-12-15-8-19(26)21(9-16(15)13-25)28-18-6-3-5-17(23)10-18/h2-7,10,15-16,19,21,26H,8-9,11-13H2,1H3/t15-,16+,19+,21+/m0/s1. The van der Waals surface area contributed by atoms with E-state index >= 15 is 0 Å². The number of likely N-dealkylation sites (tertiary alicyclic amines) is 1. The van der Waals surface area contributed by atoms with Crippen molar-refractivity contribution in [3.8, 4) is 11.5 Å². The molecule has 28 heavy (non-hydrogen) atoms. The van der Waals surface area contributed by atoms with E-state index in [-0.39, 0.29) is 17.7 Å². The maximum absolute atomic E-state index is 14.5. The molecule has 0 amide bonds. The first kappa shape index (κ1) is 19.5. The molecule has 2 aromatic carbocycles. The summed E-state index contributed by atoms with van der Waals surface area (Å²) < 4.78 is 25.6. The quantitative estimate of drug-likeness (QED) is 0.811. The average molecular weight is 406 g/mol. The molecule has 1 saturated heterocycles. The fraction of sp³-hybridized carbons (Fsp3) is 0.455. The molecule has 150 valence electrons. The van der Waals surface area contributed by atoms with E-state index in [4.69, 9.17) is 21.1 Å². The summed E-state index contributed by atoms with van der Waals surface area (Å²) in [6.07, 6.45) is 0.740. The Labute approximate surface area is 169 Å². The molecule has 2 aliphatic rings. The summed E-state index contributed by atoms with van der Waals surface area (Å²) >= 11 is 6.03. The Balaban J connectivity index is 1.40. The molecule has 0 spiro atoms. The number of hydrogen-bond donors (Lipinski definition) is 1. The summed E-state index contributed by atoms with van der Waals surface area (Å²) in [5.74, 6) is 1.51. The topological polar surface area (TPSA) is 41.9 Å². The van der Waals surface area contributed by atoms with Crippen LogP contribution in [0.4, 0.5) is 4.39 Å². The van der Waals surface area contributed by atoms with Gasteiger partial charge in [-0.1, -0.05) is 29.8 Å². The Morgan fingerprint density at radius 3 is 2.64 bits per heavy atom. The normalized spacial score (nSPS) is 27.4. The summed E-state index contributed by atoms with van der Waals surface area (Å²) in [7, 11) is 1.48. The molecular weight excluding hydrogens is 381 g/mol. The first-order chi connectivity index (χ1) is 13.5. The Hall–Kier alpha value is -1.82. The predicted molar refractivity (Wildman–Crippen MR) is 106 cm³/mol. The Morgan fingerprint density at radius 1 is 1.14 bits per heavy atom. The van der Waals surface area contributed by atoms with E-state index in [0.717, 1.165) is 19.5 Å². The lowest BCUT2D eigenvalue weighted by atomic mass is 9.78. The van der Waals surface area contributed by atoms with Crippen LogP contribution in [0.25, 0.3) is 0 Å². The van der Waals surface area contributed by atoms with Crippen LogP contribution in [0.1, 0.15) is 18.4 Å². The second kappa shape index (κ2) is 8.27. The van der Waals surface area contributed by atoms with Crippen molar-refractivity contribution in [2.75, 3.05) is 20.2 Å². The largest absolute Gasteiger partial charge is 0.494 e. The first-order valence-corrected chi connectivity index (χ1v) is 10.1. The van der Waals surface area contributed by atoms with Crippen molar-refractivity contribution in [1.82, 2.24) is 4.90 Å². The van der Waals surface area contributed by atoms with Crippen LogP contribution in [0, 0.1) is 17.7 Å². The summed E-state index contributed by atoms with van der Waals surface area (Å²) in [6, 6.07) is 12.5. The predicted octanol–water partition coefficient (Wildman–Crippen LogP) is 4.14. The molecule has 1 heterocycles. The highest BCUT2D eigenvalue weighted by atomic mass is 35.5. The number of hydrogen-bond acceptors (Lipinski definition) is 4. The zero-order chi connectivity index (χ0) is 19.7. The summed E-state index contributed by atoms with van der Waals surface area (Å²) in [6.45, 7) is 2.29. The fourth-order valence-electron chi connectivity index (χ4n) is 4.54. The van der Waals surface area contributed by atoms with Crippen molar-refractivity contribution in [3.05, 3.63) is 58.9 Å². The minimum atomic E-state index is -0.506. The van der Waals surface area contributed by atoms with E-state index in [1.807, 2.05) is 18.2 Å². The molecule has 6 heteroatoms. The molecule has 4 rings (SSSR count). The highest BCUT2D eigenvalue weighted by molar-refractivity contribution is 6.30. The molecule has 0 aromatic heterocycles. The van der Waals surface area contributed by atoms with Gasteiger partial charge in [-0.3, -0.25) is 4.90 Å². The molecule has 4 atom stereocenters. The van der Waals surface area contributed by atoms with Gasteiger partial charge in [0.1, 0.15) is 11.9 Å². The second-order valence-corrected chi connectivity index (χ2v) is 8.24. The van der Waals surface area contributed by atoms with Gasteiger partial charge in [0, 0.05) is 30.2 Å². The molecule has 1 aliphatic carbocycles. The number of rotatable bonds is 5. The minimum absolute atomic E-state index is 0.242. The van der Waals surface area contributed by atoms with E-state index in [0.29, 0.717) is 41.1 Å². The zero-order valence-electron chi connectivity index (χ0n) is 15.9. The van der Waals surface area contributed by atoms with Gasteiger partial charge < -0.3 is 14.6 Å². The molecular formula is C22H25ClFNO3. The SMILES string of the molecule is COc1cccc(CN2C[C@H]3C[C@@H](Oc4cccc(Cl)c4)[C@H](O)C[C@H]3C2)c1F. The molecule has 1 N–H and O–H groups in total. The van der Waals surface area contributed by atoms with E-state index in [2.05, 4.69) is 4.90 Å². The molecule has 4 nitrogen and oxygen atoms in total. The van der Waals surface area contributed by atoms with Gasteiger partial charge in [0.2, 0.25) is 0 Å². The van der Waals surface area contributed by atoms with Gasteiger partial charge in [0.05, 0.1) is 13.2 Å². The number of aliphatic hydroxyl groups is 1. The number of fused-ring (bicyclic) bond motifs is 1. The van der Waals surface area contributed by atoms with Crippen LogP contribution in [-0.2, 0) is 6.54 Å². The number of aliphatic hydroxyl groups excluding tert-OH is 1. The van der Waals surface area contributed by atoms with Gasteiger partial charge in [-0.25, -0.2) is 4.39 Å². The van der Waals surface area contributed by atoms with E-state index < -0.39 is 6.10 Å². The maximum Gasteiger partial charge on any atom is 0.169 e. The van der Waals surface area contributed by atoms with Crippen LogP contribution < -0.4 is 9.47 Å². The molecule has 0 bridgehead atoms. The highest BCUT2D eigenvalue weighted by Crippen LogP contribution is 2.39. The van der Waals surface area contributed by atoms with Crippen LogP contribution in [0.5, 0.6) is 11.5 Å². The zero-order valence-corrected chi connectivity index (χ0v) is 16.6. The molecule has 2 fully saturated rings. The van der Waals surface area contributed by atoms with E-state index in [1.54, 1.807) is 24.3 Å². The molecule has 0 radical (unpaired) electrons. The van der Waals surface area contributed by atoms with Gasteiger partial charge in [0.15, 0.2) is 11.6 Å². The van der Waals surface area contributed by atoms with Crippen molar-refractivity contribution in [2.24, 2.45) is 11.8 Å². The molecule has 2 aromatic rings. The van der Waals surface area contributed by atoms with Crippen molar-refractivity contribution < 1.29 is 19.0 Å². The lowest BCUT2D eigenvalue weighted by Crippen LogP contribution is -2.42. The Kier molecular flexibility index (Phi) is 5.76. The monoisotopic (exact) mass is 405 g/mol. The summed E-state index contributed by atoms with van der Waals surface area (Å²) in [5, 5.41) is 11.2. The maximum atomic E-state index is 14.5. The first-order valence-electron chi connectivity index (χ1n) is 9.67. The molecule has 1 saturated carbocycles. The van der Waals surface area contributed by atoms with Gasteiger partial charge in [-0.15, -0.1) is 0 Å². The van der Waals surface area contributed by atoms with Gasteiger partial charge in [-0.2, -0.15) is 0 Å². The van der Waals surface area contributed by atoms with Crippen LogP contribution in [-0.4, -0.2) is 42.4 Å². The van der Waals surface area contributed by atoms with Crippen molar-refractivity contribution in [3.63, 3.8) is 0 Å². The Bertz CT molecular complexity index is 833. The van der Waals surface area contributed by atoms with Crippen LogP contribution in [0.15, 0.2) is 42.5 Å². The fourth-order valence-corrected chi connectivity index (χ4v) is 4.72. The lowest BCUT2D eigenvalue weighted by molar-refractivity contribution is -0.0231.